The molecule has 0 amide bonds. The van der Waals surface area contributed by atoms with E-state index in [-0.39, 0.29) is 11.3 Å². The number of nitrogens with zero attached hydrogens (tertiary/aromatic N) is 1. The number of hydrogen-bond acceptors (Lipinski definition) is 5. The van der Waals surface area contributed by atoms with E-state index in [0.717, 1.165) is 29.2 Å². The Labute approximate surface area is 196 Å². The zero-order chi connectivity index (χ0) is 22.3. The van der Waals surface area contributed by atoms with Crippen LogP contribution in [0.4, 0.5) is 11.4 Å². The highest BCUT2D eigenvalue weighted by atomic mass is 32.2. The summed E-state index contributed by atoms with van der Waals surface area (Å²) in [6.45, 7) is 7.97. The largest absolute Gasteiger partial charge is 0.492 e. The molecule has 1 aliphatic heterocycles. The topological polar surface area (TPSA) is 29.5 Å². The Morgan fingerprint density at radius 2 is 2.03 bits per heavy atom. The number of carbonyl (C=O) groups is 1. The van der Waals surface area contributed by atoms with Crippen LogP contribution in [0.15, 0.2) is 52.3 Å². The lowest BCUT2D eigenvalue weighted by molar-refractivity contribution is -0.111. The van der Waals surface area contributed by atoms with E-state index in [4.69, 9.17) is 4.74 Å². The summed E-state index contributed by atoms with van der Waals surface area (Å²) >= 11 is 3.66. The third-order valence-electron chi connectivity index (χ3n) is 6.18. The van der Waals surface area contributed by atoms with Gasteiger partial charge < -0.3 is 14.4 Å². The lowest BCUT2D eigenvalue weighted by atomic mass is 9.81. The highest BCUT2D eigenvalue weighted by Crippen LogP contribution is 2.49. The predicted molar refractivity (Wildman–Crippen MR) is 135 cm³/mol. The van der Waals surface area contributed by atoms with E-state index < -0.39 is 0 Å². The highest BCUT2D eigenvalue weighted by Gasteiger charge is 2.35. The van der Waals surface area contributed by atoms with E-state index in [1.54, 1.807) is 11.8 Å². The van der Waals surface area contributed by atoms with Gasteiger partial charge in [-0.05, 0) is 48.8 Å². The van der Waals surface area contributed by atoms with E-state index >= 15 is 0 Å². The molecule has 5 heteroatoms. The van der Waals surface area contributed by atoms with Crippen molar-refractivity contribution in [2.75, 3.05) is 30.1 Å². The summed E-state index contributed by atoms with van der Waals surface area (Å²) in [6.07, 6.45) is 7.96. The molecular formula is C26H35NO2S2. The van der Waals surface area contributed by atoms with Gasteiger partial charge in [0.1, 0.15) is 12.0 Å². The Morgan fingerprint density at radius 1 is 1.26 bits per heavy atom. The van der Waals surface area contributed by atoms with Crippen molar-refractivity contribution in [3.05, 3.63) is 42.5 Å². The predicted octanol–water partition coefficient (Wildman–Crippen LogP) is 7.45. The van der Waals surface area contributed by atoms with Crippen LogP contribution in [0.3, 0.4) is 0 Å². The lowest BCUT2D eigenvalue weighted by Gasteiger charge is -2.37. The van der Waals surface area contributed by atoms with E-state index in [9.17, 15) is 4.79 Å². The van der Waals surface area contributed by atoms with Crippen molar-refractivity contribution in [3.63, 3.8) is 0 Å². The number of benzene rings is 2. The molecule has 3 rings (SSSR count). The van der Waals surface area contributed by atoms with Crippen molar-refractivity contribution in [2.45, 2.75) is 56.2 Å². The standard InChI is InChI=1S/C26H35NO2S2/c1-5-7-13-26(6-2)18-27(21-11-9-8-10-12-21)22-14-25(30-4)23(15-24(22)31-19-26)29-17-20(3)16-28/h8-12,14-16,20H,5-7,13,17-19H2,1-4H3. The second-order valence-corrected chi connectivity index (χ2v) is 10.4. The van der Waals surface area contributed by atoms with Gasteiger partial charge in [-0.15, -0.1) is 23.5 Å². The Bertz CT molecular complexity index is 858. The first-order valence-corrected chi connectivity index (χ1v) is 13.5. The molecule has 0 N–H and O–H groups in total. The van der Waals surface area contributed by atoms with Gasteiger partial charge in [0, 0.05) is 28.8 Å². The van der Waals surface area contributed by atoms with E-state index in [1.807, 2.05) is 18.7 Å². The quantitative estimate of drug-likeness (QED) is 0.273. The second-order valence-electron chi connectivity index (χ2n) is 8.56. The molecule has 0 aromatic heterocycles. The lowest BCUT2D eigenvalue weighted by Crippen LogP contribution is -2.35. The molecule has 1 aliphatic rings. The molecular weight excluding hydrogens is 422 g/mol. The molecule has 2 unspecified atom stereocenters. The number of rotatable bonds is 10. The third-order valence-corrected chi connectivity index (χ3v) is 8.33. The van der Waals surface area contributed by atoms with E-state index in [1.165, 1.54) is 42.0 Å². The minimum absolute atomic E-state index is 0.108. The van der Waals surface area contributed by atoms with Crippen molar-refractivity contribution in [1.82, 2.24) is 0 Å². The number of anilines is 2. The summed E-state index contributed by atoms with van der Waals surface area (Å²) in [4.78, 5) is 16.0. The van der Waals surface area contributed by atoms with Crippen molar-refractivity contribution in [1.29, 1.82) is 0 Å². The number of para-hydroxylation sites is 1. The number of aldehydes is 1. The van der Waals surface area contributed by atoms with Crippen LogP contribution in [0.5, 0.6) is 5.75 Å². The zero-order valence-corrected chi connectivity index (χ0v) is 20.9. The van der Waals surface area contributed by atoms with Crippen LogP contribution in [-0.4, -0.2) is 31.4 Å². The van der Waals surface area contributed by atoms with Crippen molar-refractivity contribution >= 4 is 41.2 Å². The minimum Gasteiger partial charge on any atom is -0.492 e. The molecule has 0 saturated carbocycles. The Balaban J connectivity index is 2.05. The SMILES string of the molecule is CCCCC1(CC)CSc2cc(OCC(C)C=O)c(SC)cc2N(c2ccccc2)C1. The van der Waals surface area contributed by atoms with Gasteiger partial charge in [-0.1, -0.05) is 51.8 Å². The summed E-state index contributed by atoms with van der Waals surface area (Å²) < 4.78 is 6.09. The maximum Gasteiger partial charge on any atom is 0.134 e. The van der Waals surface area contributed by atoms with Crippen LogP contribution >= 0.6 is 23.5 Å². The first-order valence-electron chi connectivity index (χ1n) is 11.3. The summed E-state index contributed by atoms with van der Waals surface area (Å²) in [7, 11) is 0. The van der Waals surface area contributed by atoms with Crippen molar-refractivity contribution < 1.29 is 9.53 Å². The normalized spacial score (nSPS) is 19.4. The van der Waals surface area contributed by atoms with Gasteiger partial charge in [-0.2, -0.15) is 0 Å². The average molecular weight is 458 g/mol. The van der Waals surface area contributed by atoms with Crippen LogP contribution in [0.1, 0.15) is 46.5 Å². The number of carbonyl (C=O) groups excluding carboxylic acids is 1. The molecule has 2 aromatic carbocycles. The van der Waals surface area contributed by atoms with Crippen LogP contribution in [-0.2, 0) is 4.79 Å². The van der Waals surface area contributed by atoms with Gasteiger partial charge in [0.05, 0.1) is 17.2 Å². The number of hydrogen-bond donors (Lipinski definition) is 0. The molecule has 0 bridgehead atoms. The molecule has 0 saturated heterocycles. The van der Waals surface area contributed by atoms with Crippen LogP contribution in [0, 0.1) is 11.3 Å². The summed E-state index contributed by atoms with van der Waals surface area (Å²) in [5.41, 5.74) is 2.79. The molecule has 2 aromatic rings. The molecule has 0 spiro atoms. The molecule has 2 atom stereocenters. The summed E-state index contributed by atoms with van der Waals surface area (Å²) in [6, 6.07) is 15.3. The van der Waals surface area contributed by atoms with E-state index in [2.05, 4.69) is 67.5 Å². The fourth-order valence-corrected chi connectivity index (χ4v) is 5.98. The highest BCUT2D eigenvalue weighted by molar-refractivity contribution is 7.99. The number of thioether (sulfide) groups is 2. The fourth-order valence-electron chi connectivity index (χ4n) is 4.02. The van der Waals surface area contributed by atoms with Crippen molar-refractivity contribution in [3.8, 4) is 5.75 Å². The smallest absolute Gasteiger partial charge is 0.134 e. The van der Waals surface area contributed by atoms with Crippen LogP contribution in [0.25, 0.3) is 0 Å². The molecule has 0 aliphatic carbocycles. The first kappa shape index (κ1) is 24.1. The van der Waals surface area contributed by atoms with Crippen molar-refractivity contribution in [2.24, 2.45) is 11.3 Å². The number of fused-ring (bicyclic) bond motifs is 1. The first-order chi connectivity index (χ1) is 15.1. The summed E-state index contributed by atoms with van der Waals surface area (Å²) in [5, 5.41) is 0. The van der Waals surface area contributed by atoms with Gasteiger partial charge in [0.15, 0.2) is 0 Å². The monoisotopic (exact) mass is 457 g/mol. The Kier molecular flexibility index (Phi) is 8.79. The number of unbranched alkanes of at least 4 members (excludes halogenated alkanes) is 1. The van der Waals surface area contributed by atoms with Gasteiger partial charge in [-0.25, -0.2) is 0 Å². The zero-order valence-electron chi connectivity index (χ0n) is 19.2. The van der Waals surface area contributed by atoms with Crippen LogP contribution in [0.2, 0.25) is 0 Å². The third kappa shape index (κ3) is 5.81. The van der Waals surface area contributed by atoms with Gasteiger partial charge in [0.25, 0.3) is 0 Å². The Morgan fingerprint density at radius 3 is 2.68 bits per heavy atom. The molecule has 0 radical (unpaired) electrons. The fraction of sp³-hybridized carbons (Fsp3) is 0.500. The maximum atomic E-state index is 11.1. The summed E-state index contributed by atoms with van der Waals surface area (Å²) in [5.74, 6) is 1.89. The second kappa shape index (κ2) is 11.3. The molecule has 3 nitrogen and oxygen atoms in total. The maximum absolute atomic E-state index is 11.1. The van der Waals surface area contributed by atoms with Gasteiger partial charge >= 0.3 is 0 Å². The molecule has 0 fully saturated rings. The Hall–Kier alpha value is -1.59. The minimum atomic E-state index is -0.108. The molecule has 1 heterocycles. The van der Waals surface area contributed by atoms with Gasteiger partial charge in [0.2, 0.25) is 0 Å². The van der Waals surface area contributed by atoms with E-state index in [0.29, 0.717) is 6.61 Å². The average Bonchev–Trinajstić information content (AvgIpc) is 2.98. The number of ether oxygens (including phenoxy) is 1. The molecule has 31 heavy (non-hydrogen) atoms. The van der Waals surface area contributed by atoms with Crippen LogP contribution < -0.4 is 9.64 Å². The van der Waals surface area contributed by atoms with Gasteiger partial charge in [-0.3, -0.25) is 0 Å². The molecule has 168 valence electrons.